The second kappa shape index (κ2) is 5.65. The predicted molar refractivity (Wildman–Crippen MR) is 73.4 cm³/mol. The van der Waals surface area contributed by atoms with Crippen LogP contribution >= 0.6 is 0 Å². The van der Waals surface area contributed by atoms with Crippen LogP contribution in [0, 0.1) is 0 Å². The summed E-state index contributed by atoms with van der Waals surface area (Å²) in [4.78, 5) is 4.78. The molecule has 1 aliphatic carbocycles. The zero-order chi connectivity index (χ0) is 12.3. The number of likely N-dealkylation sites (N-methyl/N-ethyl adjacent to an activating group) is 2. The Balaban J connectivity index is 1.93. The molecule has 0 saturated carbocycles. The van der Waals surface area contributed by atoms with E-state index in [1.165, 1.54) is 25.8 Å². The van der Waals surface area contributed by atoms with Gasteiger partial charge in [-0.1, -0.05) is 24.3 Å². The number of benzene rings is 1. The van der Waals surface area contributed by atoms with Gasteiger partial charge < -0.3 is 9.80 Å². The fourth-order valence-corrected chi connectivity index (χ4v) is 2.60. The van der Waals surface area contributed by atoms with Crippen LogP contribution < -0.4 is 0 Å². The molecule has 0 N–H and O–H groups in total. The van der Waals surface area contributed by atoms with Crippen molar-refractivity contribution in [3.8, 4) is 0 Å². The number of nitrogens with zero attached hydrogens (tertiary/aromatic N) is 2. The van der Waals surface area contributed by atoms with Crippen LogP contribution in [0.2, 0.25) is 0 Å². The molecule has 17 heavy (non-hydrogen) atoms. The van der Waals surface area contributed by atoms with Gasteiger partial charge in [0.15, 0.2) is 0 Å². The predicted octanol–water partition coefficient (Wildman–Crippen LogP) is 2.04. The third-order valence-corrected chi connectivity index (χ3v) is 3.84. The van der Waals surface area contributed by atoms with Crippen molar-refractivity contribution in [2.45, 2.75) is 25.3 Å². The average molecular weight is 232 g/mol. The van der Waals surface area contributed by atoms with E-state index in [1.54, 1.807) is 11.1 Å². The van der Waals surface area contributed by atoms with Gasteiger partial charge in [-0.3, -0.25) is 0 Å². The molecule has 2 nitrogen and oxygen atoms in total. The van der Waals surface area contributed by atoms with Gasteiger partial charge >= 0.3 is 0 Å². The van der Waals surface area contributed by atoms with Gasteiger partial charge in [0.1, 0.15) is 0 Å². The molecule has 0 spiro atoms. The first-order valence-corrected chi connectivity index (χ1v) is 6.58. The van der Waals surface area contributed by atoms with Crippen LogP contribution in [-0.2, 0) is 12.8 Å². The molecule has 1 atom stereocenters. The highest BCUT2D eigenvalue weighted by Crippen LogP contribution is 2.23. The van der Waals surface area contributed by atoms with Gasteiger partial charge in [0.25, 0.3) is 0 Å². The molecule has 1 aromatic rings. The summed E-state index contributed by atoms with van der Waals surface area (Å²) < 4.78 is 0. The molecule has 0 heterocycles. The van der Waals surface area contributed by atoms with Crippen molar-refractivity contribution in [1.82, 2.24) is 9.80 Å². The molecular formula is C15H24N2. The van der Waals surface area contributed by atoms with Gasteiger partial charge in [-0.15, -0.1) is 0 Å². The van der Waals surface area contributed by atoms with Crippen LogP contribution in [0.25, 0.3) is 0 Å². The minimum atomic E-state index is 0.727. The molecule has 0 aromatic heterocycles. The van der Waals surface area contributed by atoms with Crippen LogP contribution in [0.3, 0.4) is 0 Å². The van der Waals surface area contributed by atoms with E-state index in [9.17, 15) is 0 Å². The molecule has 0 fully saturated rings. The Kier molecular flexibility index (Phi) is 4.19. The third kappa shape index (κ3) is 3.30. The van der Waals surface area contributed by atoms with E-state index in [0.717, 1.165) is 12.6 Å². The second-order valence-electron chi connectivity index (χ2n) is 5.45. The molecule has 94 valence electrons. The molecule has 1 aliphatic rings. The normalized spacial score (nSPS) is 19.7. The number of hydrogen-bond donors (Lipinski definition) is 0. The molecule has 2 rings (SSSR count). The van der Waals surface area contributed by atoms with E-state index in [4.69, 9.17) is 0 Å². The average Bonchev–Trinajstić information content (AvgIpc) is 2.35. The summed E-state index contributed by atoms with van der Waals surface area (Å²) in [6.07, 6.45) is 3.77. The topological polar surface area (TPSA) is 6.48 Å². The minimum absolute atomic E-state index is 0.727. The van der Waals surface area contributed by atoms with Crippen molar-refractivity contribution in [2.24, 2.45) is 0 Å². The molecule has 0 aliphatic heterocycles. The third-order valence-electron chi connectivity index (χ3n) is 3.84. The fourth-order valence-electron chi connectivity index (χ4n) is 2.60. The molecule has 0 saturated heterocycles. The van der Waals surface area contributed by atoms with Crippen LogP contribution in [0.4, 0.5) is 0 Å². The smallest absolute Gasteiger partial charge is 0.0136 e. The lowest BCUT2D eigenvalue weighted by Crippen LogP contribution is -2.40. The fraction of sp³-hybridized carbons (Fsp3) is 0.600. The lowest BCUT2D eigenvalue weighted by atomic mass is 9.88. The quantitative estimate of drug-likeness (QED) is 0.784. The van der Waals surface area contributed by atoms with Crippen molar-refractivity contribution in [1.29, 1.82) is 0 Å². The van der Waals surface area contributed by atoms with Crippen molar-refractivity contribution in [2.75, 3.05) is 34.2 Å². The highest BCUT2D eigenvalue weighted by Gasteiger charge is 2.21. The Morgan fingerprint density at radius 2 is 1.76 bits per heavy atom. The first-order chi connectivity index (χ1) is 8.16. The zero-order valence-electron chi connectivity index (χ0n) is 11.3. The Bertz CT molecular complexity index is 360. The Labute approximate surface area is 105 Å². The first-order valence-electron chi connectivity index (χ1n) is 6.58. The summed E-state index contributed by atoms with van der Waals surface area (Å²) in [6, 6.07) is 9.63. The molecule has 0 amide bonds. The largest absolute Gasteiger partial charge is 0.308 e. The lowest BCUT2D eigenvalue weighted by molar-refractivity contribution is 0.201. The van der Waals surface area contributed by atoms with E-state index < -0.39 is 0 Å². The summed E-state index contributed by atoms with van der Waals surface area (Å²) in [5, 5.41) is 0. The number of aryl methyl sites for hydroxylation is 1. The summed E-state index contributed by atoms with van der Waals surface area (Å²) in [5.74, 6) is 0. The maximum absolute atomic E-state index is 2.52. The number of fused-ring (bicyclic) bond motifs is 1. The zero-order valence-corrected chi connectivity index (χ0v) is 11.3. The second-order valence-corrected chi connectivity index (χ2v) is 5.45. The Hall–Kier alpha value is -0.860. The summed E-state index contributed by atoms with van der Waals surface area (Å²) in [6.45, 7) is 2.31. The molecule has 1 aromatic carbocycles. The SMILES string of the molecule is CN(C)CCN(C)[C@@H]1CCc2ccccc2C1. The molecule has 0 unspecified atom stereocenters. The number of hydrogen-bond acceptors (Lipinski definition) is 2. The maximum Gasteiger partial charge on any atom is 0.0136 e. The van der Waals surface area contributed by atoms with Gasteiger partial charge in [-0.25, -0.2) is 0 Å². The van der Waals surface area contributed by atoms with Gasteiger partial charge in [0.2, 0.25) is 0 Å². The Morgan fingerprint density at radius 3 is 2.47 bits per heavy atom. The first kappa shape index (κ1) is 12.6. The molecule has 0 radical (unpaired) electrons. The van der Waals surface area contributed by atoms with Gasteiger partial charge in [0.05, 0.1) is 0 Å². The highest BCUT2D eigenvalue weighted by atomic mass is 15.2. The van der Waals surface area contributed by atoms with E-state index in [2.05, 4.69) is 55.2 Å². The van der Waals surface area contributed by atoms with E-state index in [-0.39, 0.29) is 0 Å². The van der Waals surface area contributed by atoms with Gasteiger partial charge in [0, 0.05) is 19.1 Å². The maximum atomic E-state index is 2.52. The Morgan fingerprint density at radius 1 is 1.06 bits per heavy atom. The monoisotopic (exact) mass is 232 g/mol. The van der Waals surface area contributed by atoms with Crippen LogP contribution in [0.1, 0.15) is 17.5 Å². The van der Waals surface area contributed by atoms with Gasteiger partial charge in [-0.2, -0.15) is 0 Å². The lowest BCUT2D eigenvalue weighted by Gasteiger charge is -2.33. The highest BCUT2D eigenvalue weighted by molar-refractivity contribution is 5.30. The molecule has 0 bridgehead atoms. The van der Waals surface area contributed by atoms with E-state index >= 15 is 0 Å². The van der Waals surface area contributed by atoms with Crippen LogP contribution in [0.5, 0.6) is 0 Å². The van der Waals surface area contributed by atoms with E-state index in [0.29, 0.717) is 0 Å². The summed E-state index contributed by atoms with van der Waals surface area (Å²) >= 11 is 0. The van der Waals surface area contributed by atoms with Crippen molar-refractivity contribution < 1.29 is 0 Å². The van der Waals surface area contributed by atoms with E-state index in [1.807, 2.05) is 0 Å². The van der Waals surface area contributed by atoms with Crippen LogP contribution in [-0.4, -0.2) is 50.1 Å². The minimum Gasteiger partial charge on any atom is -0.308 e. The van der Waals surface area contributed by atoms with Crippen molar-refractivity contribution in [3.63, 3.8) is 0 Å². The summed E-state index contributed by atoms with van der Waals surface area (Å²) in [5.41, 5.74) is 3.12. The van der Waals surface area contributed by atoms with Gasteiger partial charge in [-0.05, 0) is 51.5 Å². The number of rotatable bonds is 4. The van der Waals surface area contributed by atoms with Crippen molar-refractivity contribution >= 4 is 0 Å². The summed E-state index contributed by atoms with van der Waals surface area (Å²) in [7, 11) is 6.55. The molecular weight excluding hydrogens is 208 g/mol. The standard InChI is InChI=1S/C15H24N2/c1-16(2)10-11-17(3)15-9-8-13-6-4-5-7-14(13)12-15/h4-7,15H,8-12H2,1-3H3/t15-/m1/s1. The van der Waals surface area contributed by atoms with Crippen molar-refractivity contribution in [3.05, 3.63) is 35.4 Å². The van der Waals surface area contributed by atoms with Crippen LogP contribution in [0.15, 0.2) is 24.3 Å². The molecule has 2 heteroatoms.